The number of hydrogen-bond donors (Lipinski definition) is 1. The van der Waals surface area contributed by atoms with Crippen LogP contribution in [-0.2, 0) is 9.59 Å². The highest BCUT2D eigenvalue weighted by molar-refractivity contribution is 6.32. The molecule has 0 bridgehead atoms. The number of aliphatic carboxylic acids is 1. The smallest absolute Gasteiger partial charge is 0.308 e. The Hall–Kier alpha value is -2.53. The molecule has 5 nitrogen and oxygen atoms in total. The van der Waals surface area contributed by atoms with Crippen LogP contribution in [0.5, 0.6) is 5.75 Å². The van der Waals surface area contributed by atoms with Gasteiger partial charge in [-0.1, -0.05) is 48.0 Å². The molecule has 2 aromatic carbocycles. The maximum atomic E-state index is 12.2. The second-order valence-electron chi connectivity index (χ2n) is 5.96. The van der Waals surface area contributed by atoms with Gasteiger partial charge >= 0.3 is 5.97 Å². The van der Waals surface area contributed by atoms with E-state index in [9.17, 15) is 9.59 Å². The van der Waals surface area contributed by atoms with Crippen molar-refractivity contribution in [3.05, 3.63) is 53.6 Å². The van der Waals surface area contributed by atoms with E-state index >= 15 is 0 Å². The van der Waals surface area contributed by atoms with Crippen molar-refractivity contribution in [1.29, 1.82) is 0 Å². The van der Waals surface area contributed by atoms with Gasteiger partial charge in [0.05, 0.1) is 10.9 Å². The third-order valence-electron chi connectivity index (χ3n) is 4.28. The second-order valence-corrected chi connectivity index (χ2v) is 6.37. The van der Waals surface area contributed by atoms with Crippen LogP contribution in [0.4, 0.5) is 0 Å². The number of amides is 1. The van der Waals surface area contributed by atoms with Gasteiger partial charge in [0.15, 0.2) is 6.61 Å². The Morgan fingerprint density at radius 2 is 1.92 bits per heavy atom. The number of nitrogens with zero attached hydrogens (tertiary/aromatic N) is 1. The predicted octanol–water partition coefficient (Wildman–Crippen LogP) is 3.32. The van der Waals surface area contributed by atoms with Gasteiger partial charge in [0.25, 0.3) is 5.91 Å². The number of halogens is 1. The lowest BCUT2D eigenvalue weighted by Crippen LogP contribution is -2.33. The van der Waals surface area contributed by atoms with Gasteiger partial charge in [-0.2, -0.15) is 0 Å². The summed E-state index contributed by atoms with van der Waals surface area (Å²) in [5.41, 5.74) is 2.01. The maximum Gasteiger partial charge on any atom is 0.308 e. The van der Waals surface area contributed by atoms with Crippen molar-refractivity contribution >= 4 is 23.5 Å². The first-order chi connectivity index (χ1) is 12.0. The first kappa shape index (κ1) is 17.3. The number of carbonyl (C=O) groups excluding carboxylic acids is 1. The number of likely N-dealkylation sites (tertiary alicyclic amines) is 1. The molecule has 1 N–H and O–H groups in total. The minimum absolute atomic E-state index is 0.156. The molecule has 130 valence electrons. The molecular weight excluding hydrogens is 342 g/mol. The molecule has 1 saturated heterocycles. The third kappa shape index (κ3) is 4.12. The van der Waals surface area contributed by atoms with Crippen molar-refractivity contribution in [3.8, 4) is 16.9 Å². The highest BCUT2D eigenvalue weighted by atomic mass is 35.5. The lowest BCUT2D eigenvalue weighted by atomic mass is 10.1. The van der Waals surface area contributed by atoms with E-state index in [0.717, 1.165) is 11.1 Å². The standard InChI is InChI=1S/C19H18ClNO4/c20-16-10-14(13-4-2-1-3-5-13)6-7-17(16)25-12-18(22)21-9-8-15(11-21)19(23)24/h1-7,10,15H,8-9,11-12H2,(H,23,24). The summed E-state index contributed by atoms with van der Waals surface area (Å²) in [7, 11) is 0. The normalized spacial score (nSPS) is 16.7. The lowest BCUT2D eigenvalue weighted by Gasteiger charge is -2.16. The average molecular weight is 360 g/mol. The summed E-state index contributed by atoms with van der Waals surface area (Å²) in [6.45, 7) is 0.523. The van der Waals surface area contributed by atoms with Crippen molar-refractivity contribution in [3.63, 3.8) is 0 Å². The van der Waals surface area contributed by atoms with Gasteiger partial charge in [-0.15, -0.1) is 0 Å². The van der Waals surface area contributed by atoms with Crippen LogP contribution >= 0.6 is 11.6 Å². The Labute approximate surface area is 150 Å². The molecule has 1 heterocycles. The zero-order valence-corrected chi connectivity index (χ0v) is 14.3. The molecule has 1 aliphatic rings. The number of hydrogen-bond acceptors (Lipinski definition) is 3. The summed E-state index contributed by atoms with van der Waals surface area (Å²) in [4.78, 5) is 24.6. The summed E-state index contributed by atoms with van der Waals surface area (Å²) in [6, 6.07) is 15.2. The van der Waals surface area contributed by atoms with E-state index in [1.807, 2.05) is 36.4 Å². The van der Waals surface area contributed by atoms with Crippen LogP contribution in [0.2, 0.25) is 5.02 Å². The van der Waals surface area contributed by atoms with E-state index in [0.29, 0.717) is 23.7 Å². The Kier molecular flexibility index (Phi) is 5.24. The minimum Gasteiger partial charge on any atom is -0.482 e. The lowest BCUT2D eigenvalue weighted by molar-refractivity contribution is -0.141. The van der Waals surface area contributed by atoms with Gasteiger partial charge < -0.3 is 14.7 Å². The largest absolute Gasteiger partial charge is 0.482 e. The summed E-state index contributed by atoms with van der Waals surface area (Å²) in [5.74, 6) is -1.15. The molecule has 1 unspecified atom stereocenters. The average Bonchev–Trinajstić information content (AvgIpc) is 3.12. The van der Waals surface area contributed by atoms with Gasteiger partial charge in [-0.3, -0.25) is 9.59 Å². The SMILES string of the molecule is O=C(O)C1CCN(C(=O)COc2ccc(-c3ccccc3)cc2Cl)C1. The number of ether oxygens (including phenoxy) is 1. The van der Waals surface area contributed by atoms with Crippen LogP contribution in [0.3, 0.4) is 0 Å². The Balaban J connectivity index is 1.60. The first-order valence-electron chi connectivity index (χ1n) is 8.03. The van der Waals surface area contributed by atoms with Crippen LogP contribution in [0.1, 0.15) is 6.42 Å². The molecule has 1 fully saturated rings. The highest BCUT2D eigenvalue weighted by Gasteiger charge is 2.30. The molecule has 1 amide bonds. The molecule has 0 saturated carbocycles. The quantitative estimate of drug-likeness (QED) is 0.889. The van der Waals surface area contributed by atoms with E-state index in [2.05, 4.69) is 0 Å². The van der Waals surface area contributed by atoms with Crippen molar-refractivity contribution in [1.82, 2.24) is 4.90 Å². The van der Waals surface area contributed by atoms with Crippen LogP contribution < -0.4 is 4.74 Å². The predicted molar refractivity (Wildman–Crippen MR) is 94.7 cm³/mol. The van der Waals surface area contributed by atoms with E-state index in [4.69, 9.17) is 21.4 Å². The number of benzene rings is 2. The van der Waals surface area contributed by atoms with Gasteiger partial charge in [0, 0.05) is 13.1 Å². The Morgan fingerprint density at radius 1 is 1.16 bits per heavy atom. The summed E-state index contributed by atoms with van der Waals surface area (Å²) < 4.78 is 5.53. The van der Waals surface area contributed by atoms with Crippen molar-refractivity contribution in [2.75, 3.05) is 19.7 Å². The van der Waals surface area contributed by atoms with Gasteiger partial charge in [0.1, 0.15) is 5.75 Å². The molecule has 0 radical (unpaired) electrons. The minimum atomic E-state index is -0.865. The first-order valence-corrected chi connectivity index (χ1v) is 8.41. The molecule has 25 heavy (non-hydrogen) atoms. The Bertz CT molecular complexity index is 778. The number of carbonyl (C=O) groups is 2. The second kappa shape index (κ2) is 7.57. The topological polar surface area (TPSA) is 66.8 Å². The molecular formula is C19H18ClNO4. The third-order valence-corrected chi connectivity index (χ3v) is 4.58. The number of carboxylic acid groups (broad SMARTS) is 1. The molecule has 3 rings (SSSR count). The van der Waals surface area contributed by atoms with Crippen LogP contribution in [0.15, 0.2) is 48.5 Å². The van der Waals surface area contributed by atoms with Crippen molar-refractivity contribution in [2.45, 2.75) is 6.42 Å². The highest BCUT2D eigenvalue weighted by Crippen LogP contribution is 2.30. The molecule has 2 aromatic rings. The van der Waals surface area contributed by atoms with Gasteiger partial charge in [0.2, 0.25) is 0 Å². The fourth-order valence-corrected chi connectivity index (χ4v) is 3.08. The summed E-state index contributed by atoms with van der Waals surface area (Å²) in [6.07, 6.45) is 0.480. The fraction of sp³-hybridized carbons (Fsp3) is 0.263. The van der Waals surface area contributed by atoms with Crippen molar-refractivity contribution < 1.29 is 19.4 Å². The number of rotatable bonds is 5. The van der Waals surface area contributed by atoms with Crippen LogP contribution in [0, 0.1) is 5.92 Å². The molecule has 0 aliphatic carbocycles. The number of carboxylic acids is 1. The van der Waals surface area contributed by atoms with Gasteiger partial charge in [-0.25, -0.2) is 0 Å². The maximum absolute atomic E-state index is 12.2. The Morgan fingerprint density at radius 3 is 2.56 bits per heavy atom. The summed E-state index contributed by atoms with van der Waals surface area (Å²) in [5, 5.41) is 9.42. The van der Waals surface area contributed by atoms with Gasteiger partial charge in [-0.05, 0) is 29.7 Å². The molecule has 1 aliphatic heterocycles. The van der Waals surface area contributed by atoms with Crippen LogP contribution in [0.25, 0.3) is 11.1 Å². The zero-order chi connectivity index (χ0) is 17.8. The van der Waals surface area contributed by atoms with E-state index in [1.54, 1.807) is 12.1 Å². The van der Waals surface area contributed by atoms with Crippen LogP contribution in [-0.4, -0.2) is 41.6 Å². The van der Waals surface area contributed by atoms with E-state index in [-0.39, 0.29) is 19.1 Å². The fourth-order valence-electron chi connectivity index (χ4n) is 2.85. The van der Waals surface area contributed by atoms with E-state index in [1.165, 1.54) is 4.90 Å². The molecule has 6 heteroatoms. The molecule has 0 aromatic heterocycles. The monoisotopic (exact) mass is 359 g/mol. The van der Waals surface area contributed by atoms with Crippen molar-refractivity contribution in [2.24, 2.45) is 5.92 Å². The van der Waals surface area contributed by atoms with E-state index < -0.39 is 11.9 Å². The molecule has 1 atom stereocenters. The zero-order valence-electron chi connectivity index (χ0n) is 13.5. The molecule has 0 spiro atoms. The summed E-state index contributed by atoms with van der Waals surface area (Å²) >= 11 is 6.26.